The third-order valence-corrected chi connectivity index (χ3v) is 3.79. The quantitative estimate of drug-likeness (QED) is 0.898. The van der Waals surface area contributed by atoms with Crippen LogP contribution in [0.25, 0.3) is 0 Å². The van der Waals surface area contributed by atoms with Gasteiger partial charge >= 0.3 is 0 Å². The van der Waals surface area contributed by atoms with Crippen LogP contribution in [0.15, 0.2) is 0 Å². The molecule has 0 spiro atoms. The molecule has 2 rings (SSSR count). The number of aromatic nitrogens is 3. The van der Waals surface area contributed by atoms with Crippen molar-refractivity contribution in [1.29, 1.82) is 0 Å². The molecule has 5 nitrogen and oxygen atoms in total. The van der Waals surface area contributed by atoms with E-state index in [-0.39, 0.29) is 0 Å². The van der Waals surface area contributed by atoms with Crippen molar-refractivity contribution in [3.63, 3.8) is 0 Å². The number of rotatable bonds is 4. The smallest absolute Gasteiger partial charge is 0.245 e. The van der Waals surface area contributed by atoms with E-state index in [1.807, 2.05) is 13.8 Å². The predicted molar refractivity (Wildman–Crippen MR) is 77.4 cm³/mol. The third-order valence-electron chi connectivity index (χ3n) is 3.79. The van der Waals surface area contributed by atoms with Crippen LogP contribution in [-0.2, 0) is 0 Å². The molecule has 1 aliphatic heterocycles. The Hall–Kier alpha value is -1.23. The van der Waals surface area contributed by atoms with Crippen LogP contribution in [0.5, 0.6) is 0 Å². The fourth-order valence-electron chi connectivity index (χ4n) is 2.41. The monoisotopic (exact) mass is 263 g/mol. The van der Waals surface area contributed by atoms with Crippen molar-refractivity contribution in [3.8, 4) is 0 Å². The molecule has 1 aromatic rings. The molecule has 1 atom stereocenters. The number of nitrogens with zero attached hydrogens (tertiary/aromatic N) is 4. The van der Waals surface area contributed by atoms with E-state index < -0.39 is 0 Å². The van der Waals surface area contributed by atoms with Crippen molar-refractivity contribution in [3.05, 3.63) is 11.4 Å². The molecule has 0 aromatic carbocycles. The molecule has 0 amide bonds. The standard InChI is InChI=1S/C14H25N5/c1-10(2)19(9-13-7-5-6-8-15-13)14-16-11(3)12(4)17-18-14/h10,13,15H,5-9H2,1-4H3. The van der Waals surface area contributed by atoms with E-state index in [4.69, 9.17) is 0 Å². The molecule has 1 saturated heterocycles. The maximum atomic E-state index is 4.58. The zero-order chi connectivity index (χ0) is 13.8. The van der Waals surface area contributed by atoms with E-state index in [9.17, 15) is 0 Å². The highest BCUT2D eigenvalue weighted by molar-refractivity contribution is 5.31. The molecule has 1 aliphatic rings. The zero-order valence-corrected chi connectivity index (χ0v) is 12.5. The number of aryl methyl sites for hydroxylation is 2. The van der Waals surface area contributed by atoms with Crippen LogP contribution in [-0.4, -0.2) is 40.4 Å². The van der Waals surface area contributed by atoms with Gasteiger partial charge in [-0.25, -0.2) is 4.98 Å². The summed E-state index contributed by atoms with van der Waals surface area (Å²) >= 11 is 0. The lowest BCUT2D eigenvalue weighted by Gasteiger charge is -2.33. The average molecular weight is 263 g/mol. The number of hydrogen-bond donors (Lipinski definition) is 1. The summed E-state index contributed by atoms with van der Waals surface area (Å²) < 4.78 is 0. The summed E-state index contributed by atoms with van der Waals surface area (Å²) in [4.78, 5) is 6.84. The summed E-state index contributed by atoms with van der Waals surface area (Å²) in [5.41, 5.74) is 1.87. The van der Waals surface area contributed by atoms with Crippen molar-refractivity contribution in [1.82, 2.24) is 20.5 Å². The Bertz CT molecular complexity index is 412. The summed E-state index contributed by atoms with van der Waals surface area (Å²) in [6.45, 7) is 10.4. The van der Waals surface area contributed by atoms with Gasteiger partial charge in [0.15, 0.2) is 0 Å². The lowest BCUT2D eigenvalue weighted by molar-refractivity contribution is 0.391. The van der Waals surface area contributed by atoms with Crippen LogP contribution in [0.4, 0.5) is 5.95 Å². The van der Waals surface area contributed by atoms with E-state index in [2.05, 4.69) is 39.2 Å². The molecule has 106 valence electrons. The van der Waals surface area contributed by atoms with Gasteiger partial charge in [-0.2, -0.15) is 5.10 Å². The van der Waals surface area contributed by atoms with Gasteiger partial charge in [0.2, 0.25) is 5.95 Å². The minimum atomic E-state index is 0.382. The fraction of sp³-hybridized carbons (Fsp3) is 0.786. The first-order valence-electron chi connectivity index (χ1n) is 7.26. The predicted octanol–water partition coefficient (Wildman–Crippen LogP) is 1.85. The van der Waals surface area contributed by atoms with Gasteiger partial charge in [0.05, 0.1) is 11.4 Å². The van der Waals surface area contributed by atoms with Crippen molar-refractivity contribution in [2.24, 2.45) is 0 Å². The Kier molecular flexibility index (Phi) is 4.69. The first-order valence-corrected chi connectivity index (χ1v) is 7.26. The van der Waals surface area contributed by atoms with Crippen molar-refractivity contribution < 1.29 is 0 Å². The van der Waals surface area contributed by atoms with E-state index >= 15 is 0 Å². The van der Waals surface area contributed by atoms with Crippen LogP contribution in [0.2, 0.25) is 0 Å². The maximum absolute atomic E-state index is 4.58. The van der Waals surface area contributed by atoms with Crippen LogP contribution in [0.1, 0.15) is 44.5 Å². The average Bonchev–Trinajstić information content (AvgIpc) is 2.40. The van der Waals surface area contributed by atoms with E-state index in [0.29, 0.717) is 12.1 Å². The van der Waals surface area contributed by atoms with Gasteiger partial charge in [-0.15, -0.1) is 5.10 Å². The highest BCUT2D eigenvalue weighted by atomic mass is 15.3. The summed E-state index contributed by atoms with van der Waals surface area (Å²) in [5, 5.41) is 12.0. The first-order chi connectivity index (χ1) is 9.08. The topological polar surface area (TPSA) is 53.9 Å². The van der Waals surface area contributed by atoms with Crippen LogP contribution >= 0.6 is 0 Å². The Morgan fingerprint density at radius 3 is 2.58 bits per heavy atom. The number of piperidine rings is 1. The third kappa shape index (κ3) is 3.62. The first kappa shape index (κ1) is 14.2. The molecule has 1 unspecified atom stereocenters. The van der Waals surface area contributed by atoms with E-state index in [1.165, 1.54) is 19.3 Å². The molecule has 5 heteroatoms. The summed E-state index contributed by atoms with van der Waals surface area (Å²) in [6.07, 6.45) is 3.84. The van der Waals surface area contributed by atoms with E-state index in [0.717, 1.165) is 30.4 Å². The van der Waals surface area contributed by atoms with Gasteiger partial charge in [0.25, 0.3) is 0 Å². The van der Waals surface area contributed by atoms with Gasteiger partial charge < -0.3 is 10.2 Å². The normalized spacial score (nSPS) is 19.7. The fourth-order valence-corrected chi connectivity index (χ4v) is 2.41. The largest absolute Gasteiger partial charge is 0.336 e. The van der Waals surface area contributed by atoms with Crippen LogP contribution in [0.3, 0.4) is 0 Å². The molecule has 19 heavy (non-hydrogen) atoms. The SMILES string of the molecule is Cc1nnc(N(CC2CCCCN2)C(C)C)nc1C. The second kappa shape index (κ2) is 6.28. The lowest BCUT2D eigenvalue weighted by Crippen LogP contribution is -2.46. The maximum Gasteiger partial charge on any atom is 0.245 e. The van der Waals surface area contributed by atoms with Crippen LogP contribution < -0.4 is 10.2 Å². The number of anilines is 1. The van der Waals surface area contributed by atoms with Crippen molar-refractivity contribution in [2.45, 2.75) is 59.0 Å². The lowest BCUT2D eigenvalue weighted by atomic mass is 10.0. The van der Waals surface area contributed by atoms with Crippen molar-refractivity contribution in [2.75, 3.05) is 18.0 Å². The highest BCUT2D eigenvalue weighted by Gasteiger charge is 2.21. The molecule has 0 saturated carbocycles. The second-order valence-corrected chi connectivity index (χ2v) is 5.68. The summed E-state index contributed by atoms with van der Waals surface area (Å²) in [5.74, 6) is 0.755. The van der Waals surface area contributed by atoms with Crippen molar-refractivity contribution >= 4 is 5.95 Å². The molecule has 0 aliphatic carbocycles. The summed E-state index contributed by atoms with van der Waals surface area (Å²) in [6, 6.07) is 0.925. The molecule has 1 aromatic heterocycles. The number of nitrogens with one attached hydrogen (secondary N) is 1. The Balaban J connectivity index is 2.12. The molecular formula is C14H25N5. The molecule has 0 radical (unpaired) electrons. The van der Waals surface area contributed by atoms with Gasteiger partial charge in [0, 0.05) is 18.6 Å². The Labute approximate surface area is 115 Å². The number of hydrogen-bond acceptors (Lipinski definition) is 5. The minimum Gasteiger partial charge on any atom is -0.336 e. The zero-order valence-electron chi connectivity index (χ0n) is 12.5. The molecule has 1 N–H and O–H groups in total. The highest BCUT2D eigenvalue weighted by Crippen LogP contribution is 2.15. The van der Waals surface area contributed by atoms with Gasteiger partial charge in [-0.1, -0.05) is 6.42 Å². The molecule has 2 heterocycles. The van der Waals surface area contributed by atoms with E-state index in [1.54, 1.807) is 0 Å². The van der Waals surface area contributed by atoms with Crippen LogP contribution in [0, 0.1) is 13.8 Å². The van der Waals surface area contributed by atoms with Gasteiger partial charge in [-0.3, -0.25) is 0 Å². The Morgan fingerprint density at radius 2 is 2.00 bits per heavy atom. The minimum absolute atomic E-state index is 0.382. The summed E-state index contributed by atoms with van der Waals surface area (Å²) in [7, 11) is 0. The Morgan fingerprint density at radius 1 is 1.21 bits per heavy atom. The van der Waals surface area contributed by atoms with Gasteiger partial charge in [0.1, 0.15) is 0 Å². The second-order valence-electron chi connectivity index (χ2n) is 5.68. The molecule has 0 bridgehead atoms. The van der Waals surface area contributed by atoms with Gasteiger partial charge in [-0.05, 0) is 47.1 Å². The molecular weight excluding hydrogens is 238 g/mol. The molecule has 1 fully saturated rings.